The zero-order valence-electron chi connectivity index (χ0n) is 9.48. The lowest BCUT2D eigenvalue weighted by Gasteiger charge is -2.17. The molecular weight excluding hydrogens is 218 g/mol. The topological polar surface area (TPSA) is 57.0 Å². The van der Waals surface area contributed by atoms with Crippen molar-refractivity contribution in [2.75, 3.05) is 0 Å². The molecule has 0 saturated carbocycles. The first-order valence-corrected chi connectivity index (χ1v) is 5.39. The van der Waals surface area contributed by atoms with Gasteiger partial charge >= 0.3 is 0 Å². The number of benzene rings is 1. The van der Waals surface area contributed by atoms with Crippen LogP contribution in [0.4, 0.5) is 0 Å². The molecule has 0 N–H and O–H groups in total. The highest BCUT2D eigenvalue weighted by atomic mass is 16.5. The Morgan fingerprint density at radius 1 is 1.41 bits per heavy atom. The van der Waals surface area contributed by atoms with Crippen molar-refractivity contribution in [3.05, 3.63) is 43.0 Å². The summed E-state index contributed by atoms with van der Waals surface area (Å²) in [4.78, 5) is 15.6. The summed E-state index contributed by atoms with van der Waals surface area (Å²) >= 11 is 0. The van der Waals surface area contributed by atoms with E-state index >= 15 is 0 Å². The Morgan fingerprint density at radius 2 is 2.18 bits per heavy atom. The maximum absolute atomic E-state index is 11.8. The molecule has 0 aliphatic heterocycles. The number of rotatable bonds is 5. The second-order valence-corrected chi connectivity index (χ2v) is 3.48. The van der Waals surface area contributed by atoms with E-state index in [1.54, 1.807) is 19.1 Å². The van der Waals surface area contributed by atoms with Crippen LogP contribution in [0, 0.1) is 0 Å². The molecule has 0 aliphatic rings. The average Bonchev–Trinajstić information content (AvgIpc) is 2.90. The number of carbonyl (C=O) groups excluding carboxylic acids is 1. The molecule has 0 fully saturated rings. The molecule has 0 spiro atoms. The Morgan fingerprint density at radius 3 is 2.76 bits per heavy atom. The number of hydrogen-bond acceptors (Lipinski definition) is 4. The molecule has 17 heavy (non-hydrogen) atoms. The second kappa shape index (κ2) is 5.25. The summed E-state index contributed by atoms with van der Waals surface area (Å²) in [6, 6.07) is 9.19. The summed E-state index contributed by atoms with van der Waals surface area (Å²) in [5.74, 6) is 0.592. The number of aromatic nitrogens is 3. The number of carbonyl (C=O) groups is 1. The SMILES string of the molecule is CCC(=O)C(Oc1ccccc1)n1cncn1. The Bertz CT molecular complexity index is 468. The summed E-state index contributed by atoms with van der Waals surface area (Å²) in [7, 11) is 0. The lowest BCUT2D eigenvalue weighted by molar-refractivity contribution is -0.130. The van der Waals surface area contributed by atoms with Gasteiger partial charge in [0.05, 0.1) is 0 Å². The molecule has 1 heterocycles. The summed E-state index contributed by atoms with van der Waals surface area (Å²) in [5, 5.41) is 3.94. The van der Waals surface area contributed by atoms with Crippen LogP contribution in [-0.4, -0.2) is 20.5 Å². The van der Waals surface area contributed by atoms with E-state index in [2.05, 4.69) is 10.1 Å². The fourth-order valence-corrected chi connectivity index (χ4v) is 1.41. The normalized spacial score (nSPS) is 12.1. The van der Waals surface area contributed by atoms with Gasteiger partial charge in [-0.15, -0.1) is 0 Å². The van der Waals surface area contributed by atoms with Crippen LogP contribution in [0.3, 0.4) is 0 Å². The summed E-state index contributed by atoms with van der Waals surface area (Å²) in [5.41, 5.74) is 0. The third kappa shape index (κ3) is 2.69. The highest BCUT2D eigenvalue weighted by Crippen LogP contribution is 2.17. The van der Waals surface area contributed by atoms with Crippen molar-refractivity contribution < 1.29 is 9.53 Å². The smallest absolute Gasteiger partial charge is 0.251 e. The number of ketones is 1. The minimum absolute atomic E-state index is 0.0423. The molecular formula is C12H13N3O2. The second-order valence-electron chi connectivity index (χ2n) is 3.48. The monoisotopic (exact) mass is 231 g/mol. The van der Waals surface area contributed by atoms with Gasteiger partial charge in [-0.2, -0.15) is 5.10 Å². The summed E-state index contributed by atoms with van der Waals surface area (Å²) in [6.07, 6.45) is 2.49. The molecule has 0 amide bonds. The molecule has 0 radical (unpaired) electrons. The van der Waals surface area contributed by atoms with Crippen LogP contribution < -0.4 is 4.74 Å². The van der Waals surface area contributed by atoms with Crippen LogP contribution in [0.2, 0.25) is 0 Å². The molecule has 5 heteroatoms. The highest BCUT2D eigenvalue weighted by Gasteiger charge is 2.21. The first-order chi connectivity index (χ1) is 8.31. The van der Waals surface area contributed by atoms with E-state index in [0.29, 0.717) is 12.2 Å². The molecule has 5 nitrogen and oxygen atoms in total. The number of ether oxygens (including phenoxy) is 1. The zero-order chi connectivity index (χ0) is 12.1. The van der Waals surface area contributed by atoms with Crippen molar-refractivity contribution in [2.45, 2.75) is 19.6 Å². The van der Waals surface area contributed by atoms with Crippen LogP contribution in [0.5, 0.6) is 5.75 Å². The van der Waals surface area contributed by atoms with E-state index in [-0.39, 0.29) is 5.78 Å². The summed E-state index contributed by atoms with van der Waals surface area (Å²) < 4.78 is 7.04. The van der Waals surface area contributed by atoms with Crippen LogP contribution in [0.25, 0.3) is 0 Å². The van der Waals surface area contributed by atoms with Crippen molar-refractivity contribution in [3.8, 4) is 5.75 Å². The van der Waals surface area contributed by atoms with Gasteiger partial charge in [-0.1, -0.05) is 25.1 Å². The van der Waals surface area contributed by atoms with Gasteiger partial charge in [-0.25, -0.2) is 9.67 Å². The molecule has 0 saturated heterocycles. The van der Waals surface area contributed by atoms with Crippen LogP contribution in [-0.2, 0) is 4.79 Å². The maximum atomic E-state index is 11.8. The van der Waals surface area contributed by atoms with Crippen molar-refractivity contribution in [2.24, 2.45) is 0 Å². The zero-order valence-corrected chi connectivity index (χ0v) is 9.48. The fourth-order valence-electron chi connectivity index (χ4n) is 1.41. The minimum Gasteiger partial charge on any atom is -0.461 e. The van der Waals surface area contributed by atoms with Gasteiger partial charge in [0, 0.05) is 6.42 Å². The number of para-hydroxylation sites is 1. The Hall–Kier alpha value is -2.17. The van der Waals surface area contributed by atoms with Gasteiger partial charge in [0.25, 0.3) is 6.23 Å². The predicted octanol–water partition coefficient (Wildman–Crippen LogP) is 1.83. The van der Waals surface area contributed by atoms with E-state index in [9.17, 15) is 4.79 Å². The molecule has 0 aliphatic carbocycles. The summed E-state index contributed by atoms with van der Waals surface area (Å²) in [6.45, 7) is 1.79. The van der Waals surface area contributed by atoms with E-state index in [1.165, 1.54) is 17.3 Å². The van der Waals surface area contributed by atoms with Gasteiger partial charge in [-0.05, 0) is 12.1 Å². The van der Waals surface area contributed by atoms with E-state index in [4.69, 9.17) is 4.74 Å². The Balaban J connectivity index is 2.20. The molecule has 2 rings (SSSR count). The van der Waals surface area contributed by atoms with E-state index in [0.717, 1.165) is 0 Å². The van der Waals surface area contributed by atoms with Crippen molar-refractivity contribution in [1.29, 1.82) is 0 Å². The number of Topliss-reactive ketones (excluding diaryl/α,β-unsaturated/α-hetero) is 1. The van der Waals surface area contributed by atoms with Gasteiger partial charge in [0.15, 0.2) is 5.78 Å². The van der Waals surface area contributed by atoms with E-state index in [1.807, 2.05) is 18.2 Å². The maximum Gasteiger partial charge on any atom is 0.251 e. The first-order valence-electron chi connectivity index (χ1n) is 5.39. The molecule has 1 unspecified atom stereocenters. The van der Waals surface area contributed by atoms with Crippen molar-refractivity contribution >= 4 is 5.78 Å². The average molecular weight is 231 g/mol. The van der Waals surface area contributed by atoms with Gasteiger partial charge in [0.1, 0.15) is 18.4 Å². The first kappa shape index (κ1) is 11.3. The molecule has 88 valence electrons. The quantitative estimate of drug-likeness (QED) is 0.787. The molecule has 1 aromatic carbocycles. The van der Waals surface area contributed by atoms with Gasteiger partial charge in [0.2, 0.25) is 0 Å². The molecule has 0 bridgehead atoms. The van der Waals surface area contributed by atoms with Crippen molar-refractivity contribution in [1.82, 2.24) is 14.8 Å². The molecule has 1 aromatic heterocycles. The molecule has 2 aromatic rings. The number of hydrogen-bond donors (Lipinski definition) is 0. The predicted molar refractivity (Wildman–Crippen MR) is 61.4 cm³/mol. The number of nitrogens with zero attached hydrogens (tertiary/aromatic N) is 3. The minimum atomic E-state index is -0.745. The van der Waals surface area contributed by atoms with Gasteiger partial charge < -0.3 is 4.74 Å². The third-order valence-electron chi connectivity index (χ3n) is 2.29. The van der Waals surface area contributed by atoms with Crippen LogP contribution >= 0.6 is 0 Å². The lowest BCUT2D eigenvalue weighted by Crippen LogP contribution is -2.25. The van der Waals surface area contributed by atoms with E-state index < -0.39 is 6.23 Å². The molecule has 1 atom stereocenters. The Labute approximate surface area is 99.1 Å². The standard InChI is InChI=1S/C12H13N3O2/c1-2-11(16)12(15-9-13-8-14-15)17-10-6-4-3-5-7-10/h3-9,12H,2H2,1H3. The highest BCUT2D eigenvalue weighted by molar-refractivity contribution is 5.81. The van der Waals surface area contributed by atoms with Crippen molar-refractivity contribution in [3.63, 3.8) is 0 Å². The third-order valence-corrected chi connectivity index (χ3v) is 2.29. The fraction of sp³-hybridized carbons (Fsp3) is 0.250. The van der Waals surface area contributed by atoms with Crippen LogP contribution in [0.15, 0.2) is 43.0 Å². The van der Waals surface area contributed by atoms with Gasteiger partial charge in [-0.3, -0.25) is 4.79 Å². The lowest BCUT2D eigenvalue weighted by atomic mass is 10.2. The Kier molecular flexibility index (Phi) is 3.49. The van der Waals surface area contributed by atoms with Crippen LogP contribution in [0.1, 0.15) is 19.6 Å². The largest absolute Gasteiger partial charge is 0.461 e.